The first-order chi connectivity index (χ1) is 28.5. The van der Waals surface area contributed by atoms with Crippen LogP contribution in [-0.4, -0.2) is 34.5 Å². The van der Waals surface area contributed by atoms with Crippen LogP contribution >= 0.6 is 0 Å². The Kier molecular flexibility index (Phi) is 7.69. The Morgan fingerprint density at radius 3 is 1.64 bits per heavy atom. The summed E-state index contributed by atoms with van der Waals surface area (Å²) in [5.41, 5.74) is 13.5. The van der Waals surface area contributed by atoms with E-state index in [4.69, 9.17) is 30.1 Å². The molecule has 0 unspecified atom stereocenters. The van der Waals surface area contributed by atoms with Crippen LogP contribution in [-0.2, 0) is 5.41 Å². The maximum absolute atomic E-state index is 5.30. The fraction of sp³-hybridized carbons (Fsp3) is 0.0588. The van der Waals surface area contributed by atoms with Crippen LogP contribution < -0.4 is 0 Å². The van der Waals surface area contributed by atoms with Gasteiger partial charge in [-0.15, -0.1) is 10.2 Å². The fourth-order valence-electron chi connectivity index (χ4n) is 8.42. The molecule has 11 rings (SSSR count). The summed E-state index contributed by atoms with van der Waals surface area (Å²) in [6.07, 6.45) is 0. The van der Waals surface area contributed by atoms with Crippen LogP contribution in [0.1, 0.15) is 25.0 Å². The second kappa shape index (κ2) is 13.2. The highest BCUT2D eigenvalue weighted by atomic mass is 15.3. The van der Waals surface area contributed by atoms with Gasteiger partial charge >= 0.3 is 0 Å². The van der Waals surface area contributed by atoms with Gasteiger partial charge in [-0.2, -0.15) is 0 Å². The Hall–Kier alpha value is -7.64. The van der Waals surface area contributed by atoms with Crippen LogP contribution in [0.5, 0.6) is 0 Å². The molecule has 3 aromatic heterocycles. The van der Waals surface area contributed by atoms with Gasteiger partial charge in [0.1, 0.15) is 5.82 Å². The number of hydrogen-bond acceptors (Lipinski definition) is 6. The van der Waals surface area contributed by atoms with E-state index < -0.39 is 0 Å². The van der Waals surface area contributed by atoms with E-state index in [0.717, 1.165) is 67.1 Å². The molecule has 3 heterocycles. The Bertz CT molecular complexity index is 3150. The van der Waals surface area contributed by atoms with Crippen molar-refractivity contribution >= 4 is 16.6 Å². The molecule has 0 atom stereocenters. The Balaban J connectivity index is 1.03. The highest BCUT2D eigenvalue weighted by molar-refractivity contribution is 5.94. The van der Waals surface area contributed by atoms with Gasteiger partial charge in [0, 0.05) is 38.6 Å². The zero-order valence-corrected chi connectivity index (χ0v) is 31.9. The van der Waals surface area contributed by atoms with E-state index in [9.17, 15) is 0 Å². The van der Waals surface area contributed by atoms with Gasteiger partial charge in [-0.3, -0.25) is 4.40 Å². The maximum atomic E-state index is 5.30. The summed E-state index contributed by atoms with van der Waals surface area (Å²) in [5, 5.41) is 10.6. The van der Waals surface area contributed by atoms with Crippen LogP contribution in [0, 0.1) is 0 Å². The van der Waals surface area contributed by atoms with E-state index in [1.807, 2.05) is 78.9 Å². The van der Waals surface area contributed by atoms with Gasteiger partial charge in [-0.05, 0) is 63.7 Å². The lowest BCUT2D eigenvalue weighted by Crippen LogP contribution is -2.15. The average molecular weight is 746 g/mol. The van der Waals surface area contributed by atoms with Crippen molar-refractivity contribution in [2.45, 2.75) is 19.3 Å². The topological polar surface area (TPSA) is 81.8 Å². The van der Waals surface area contributed by atoms with Gasteiger partial charge in [-0.1, -0.05) is 159 Å². The number of para-hydroxylation sites is 1. The molecule has 1 aliphatic rings. The molecule has 58 heavy (non-hydrogen) atoms. The lowest BCUT2D eigenvalue weighted by Gasteiger charge is -2.22. The van der Waals surface area contributed by atoms with Gasteiger partial charge < -0.3 is 0 Å². The molecule has 0 spiro atoms. The van der Waals surface area contributed by atoms with Crippen LogP contribution in [0.4, 0.5) is 0 Å². The zero-order chi connectivity index (χ0) is 38.8. The first-order valence-electron chi connectivity index (χ1n) is 19.5. The maximum Gasteiger partial charge on any atom is 0.172 e. The van der Waals surface area contributed by atoms with Crippen LogP contribution in [0.2, 0.25) is 0 Å². The third-order valence-electron chi connectivity index (χ3n) is 11.4. The predicted octanol–water partition coefficient (Wildman–Crippen LogP) is 11.8. The van der Waals surface area contributed by atoms with Crippen molar-refractivity contribution < 1.29 is 0 Å². The minimum absolute atomic E-state index is 0.148. The molecule has 1 aliphatic carbocycles. The Morgan fingerprint density at radius 1 is 0.379 bits per heavy atom. The van der Waals surface area contributed by atoms with Crippen molar-refractivity contribution in [3.63, 3.8) is 0 Å². The third-order valence-corrected chi connectivity index (χ3v) is 11.4. The minimum Gasteiger partial charge on any atom is -0.258 e. The molecule has 0 bridgehead atoms. The minimum atomic E-state index is -0.148. The van der Waals surface area contributed by atoms with E-state index in [1.54, 1.807) is 0 Å². The monoisotopic (exact) mass is 745 g/mol. The van der Waals surface area contributed by atoms with Crippen molar-refractivity contribution in [1.82, 2.24) is 34.5 Å². The van der Waals surface area contributed by atoms with E-state index in [1.165, 1.54) is 22.3 Å². The van der Waals surface area contributed by atoms with Crippen molar-refractivity contribution in [2.24, 2.45) is 0 Å². The molecule has 10 aromatic rings. The number of rotatable bonds is 6. The van der Waals surface area contributed by atoms with E-state index >= 15 is 0 Å². The molecule has 0 amide bonds. The summed E-state index contributed by atoms with van der Waals surface area (Å²) in [7, 11) is 0. The van der Waals surface area contributed by atoms with Crippen LogP contribution in [0.25, 0.3) is 95.7 Å². The van der Waals surface area contributed by atoms with Crippen molar-refractivity contribution in [1.29, 1.82) is 0 Å². The fourth-order valence-corrected chi connectivity index (χ4v) is 8.42. The van der Waals surface area contributed by atoms with Crippen molar-refractivity contribution in [2.75, 3.05) is 0 Å². The molecule has 0 fully saturated rings. The molecular weight excluding hydrogens is 711 g/mol. The predicted molar refractivity (Wildman–Crippen MR) is 232 cm³/mol. The van der Waals surface area contributed by atoms with E-state index in [-0.39, 0.29) is 5.41 Å². The largest absolute Gasteiger partial charge is 0.258 e. The highest BCUT2D eigenvalue weighted by Crippen LogP contribution is 2.49. The van der Waals surface area contributed by atoms with Gasteiger partial charge in [0.25, 0.3) is 0 Å². The SMILES string of the molecule is CC1(C)c2ccccc2-c2ccc(-c3nc4ccccc4c4nnc(-c5cccc(-c6cccc(-c7nc(-c8ccccc8)nc(-c8ccccc8)n7)c6)c5)n34)cc21. The summed E-state index contributed by atoms with van der Waals surface area (Å²) >= 11 is 0. The molecule has 274 valence electrons. The first kappa shape index (κ1) is 33.7. The summed E-state index contributed by atoms with van der Waals surface area (Å²) in [6, 6.07) is 60.6. The second-order valence-corrected chi connectivity index (χ2v) is 15.3. The molecule has 7 nitrogen and oxygen atoms in total. The standard InChI is InChI=1S/C51H35N7/c1-51(2)42-25-11-9-23-39(42)40-28-27-38(31-43(40)51)48-52-44-26-12-10-24-41(44)50-57-56-49(58(48)50)37-22-14-20-35(30-37)34-19-13-21-36(29-34)47-54-45(32-15-5-3-6-16-32)53-46(55-47)33-17-7-4-8-18-33/h3-31H,1-2H3. The Morgan fingerprint density at radius 2 is 0.914 bits per heavy atom. The smallest absolute Gasteiger partial charge is 0.172 e. The van der Waals surface area contributed by atoms with Gasteiger partial charge in [0.05, 0.1) is 5.52 Å². The van der Waals surface area contributed by atoms with Gasteiger partial charge in [0.15, 0.2) is 28.9 Å². The lowest BCUT2D eigenvalue weighted by molar-refractivity contribution is 0.660. The third kappa shape index (κ3) is 5.51. The quantitative estimate of drug-likeness (QED) is 0.169. The number of nitrogens with zero attached hydrogens (tertiary/aromatic N) is 7. The van der Waals surface area contributed by atoms with Crippen molar-refractivity contribution in [3.8, 4) is 79.2 Å². The molecule has 0 N–H and O–H groups in total. The van der Waals surface area contributed by atoms with Crippen LogP contribution in [0.15, 0.2) is 176 Å². The summed E-state index contributed by atoms with van der Waals surface area (Å²) in [5.74, 6) is 3.39. The molecular formula is C51H35N7. The summed E-state index contributed by atoms with van der Waals surface area (Å²) < 4.78 is 2.12. The molecule has 7 aromatic carbocycles. The zero-order valence-electron chi connectivity index (χ0n) is 31.9. The molecule has 7 heteroatoms. The van der Waals surface area contributed by atoms with E-state index in [2.05, 4.69) is 115 Å². The first-order valence-corrected chi connectivity index (χ1v) is 19.5. The highest BCUT2D eigenvalue weighted by Gasteiger charge is 2.35. The number of fused-ring (bicyclic) bond motifs is 6. The molecule has 0 radical (unpaired) electrons. The number of hydrogen-bond donors (Lipinski definition) is 0. The van der Waals surface area contributed by atoms with Crippen LogP contribution in [0.3, 0.4) is 0 Å². The molecule has 0 saturated carbocycles. The summed E-state index contributed by atoms with van der Waals surface area (Å²) in [6.45, 7) is 4.61. The normalized spacial score (nSPS) is 12.8. The van der Waals surface area contributed by atoms with Crippen molar-refractivity contribution in [3.05, 3.63) is 187 Å². The Labute approximate surface area is 335 Å². The lowest BCUT2D eigenvalue weighted by atomic mass is 9.82. The van der Waals surface area contributed by atoms with Gasteiger partial charge in [0.2, 0.25) is 0 Å². The van der Waals surface area contributed by atoms with Gasteiger partial charge in [-0.25, -0.2) is 19.9 Å². The average Bonchev–Trinajstić information content (AvgIpc) is 3.84. The molecule has 0 saturated heterocycles. The molecule has 0 aliphatic heterocycles. The summed E-state index contributed by atoms with van der Waals surface area (Å²) in [4.78, 5) is 20.1. The number of benzene rings is 7. The van der Waals surface area contributed by atoms with E-state index in [0.29, 0.717) is 17.5 Å². The second-order valence-electron chi connectivity index (χ2n) is 15.3. The number of aromatic nitrogens is 7.